The first-order chi connectivity index (χ1) is 21.3. The third kappa shape index (κ3) is 6.40. The number of nitrogens with zero attached hydrogens (tertiary/aromatic N) is 4. The van der Waals surface area contributed by atoms with E-state index in [0.29, 0.717) is 0 Å². The highest BCUT2D eigenvalue weighted by atomic mass is 32.2. The van der Waals surface area contributed by atoms with Gasteiger partial charge in [0.1, 0.15) is 17.7 Å². The lowest BCUT2D eigenvalue weighted by molar-refractivity contribution is -0.903. The number of anilines is 2. The molecule has 4 aromatic carbocycles. The summed E-state index contributed by atoms with van der Waals surface area (Å²) in [5.74, 6) is 1.23. The third-order valence-electron chi connectivity index (χ3n) is 8.63. The second-order valence-corrected chi connectivity index (χ2v) is 13.6. The van der Waals surface area contributed by atoms with Gasteiger partial charge >= 0.3 is 0 Å². The lowest BCUT2D eigenvalue weighted by atomic mass is 10.1. The first-order valence-corrected chi connectivity index (χ1v) is 16.5. The Morgan fingerprint density at radius 3 is 2.39 bits per heavy atom. The van der Waals surface area contributed by atoms with Crippen molar-refractivity contribution >= 4 is 40.2 Å². The quantitative estimate of drug-likeness (QED) is 0.118. The summed E-state index contributed by atoms with van der Waals surface area (Å²) in [6.07, 6.45) is 3.49. The summed E-state index contributed by atoms with van der Waals surface area (Å²) in [5.41, 5.74) is 7.67. The summed E-state index contributed by atoms with van der Waals surface area (Å²) in [6, 6.07) is 39.7. The van der Waals surface area contributed by atoms with E-state index < -0.39 is 0 Å². The van der Waals surface area contributed by atoms with Crippen molar-refractivity contribution in [1.82, 2.24) is 0 Å². The van der Waals surface area contributed by atoms with Crippen LogP contribution in [0.5, 0.6) is 0 Å². The Balaban J connectivity index is 1.36. The fourth-order valence-corrected chi connectivity index (χ4v) is 7.51. The van der Waals surface area contributed by atoms with Crippen LogP contribution in [0, 0.1) is 6.92 Å². The molecule has 1 aliphatic heterocycles. The van der Waals surface area contributed by atoms with Crippen molar-refractivity contribution in [1.29, 1.82) is 0 Å². The van der Waals surface area contributed by atoms with Crippen LogP contribution in [-0.2, 0) is 6.54 Å². The molecular weight excluding hydrogens is 557 g/mol. The Morgan fingerprint density at radius 2 is 1.61 bits per heavy atom. The zero-order valence-electron chi connectivity index (χ0n) is 26.7. The molecule has 0 saturated heterocycles. The molecule has 0 radical (unpaired) electrons. The molecule has 1 aromatic heterocycles. The number of fused-ring (bicyclic) bond motifs is 2. The van der Waals surface area contributed by atoms with Crippen molar-refractivity contribution in [3.8, 4) is 5.69 Å². The van der Waals surface area contributed by atoms with Crippen LogP contribution in [0.2, 0.25) is 0 Å². The number of benzene rings is 4. The molecule has 224 valence electrons. The summed E-state index contributed by atoms with van der Waals surface area (Å²) in [4.78, 5) is 6.19. The fraction of sp³-hybridized carbons (Fsp3) is 0.256. The van der Waals surface area contributed by atoms with E-state index >= 15 is 0 Å². The maximum absolute atomic E-state index is 2.56. The van der Waals surface area contributed by atoms with Gasteiger partial charge in [-0.3, -0.25) is 4.90 Å². The number of para-hydroxylation sites is 3. The summed E-state index contributed by atoms with van der Waals surface area (Å²) in [7, 11) is 6.89. The molecule has 6 rings (SSSR count). The molecule has 0 aliphatic carbocycles. The maximum Gasteiger partial charge on any atom is 0.282 e. The zero-order chi connectivity index (χ0) is 30.7. The predicted octanol–water partition coefficient (Wildman–Crippen LogP) is 8.46. The standard InChI is InChI=1S/C39H44N4S/c1-6-41(24-15-25-43(4,5)29-31-17-14-16-30(2)26-31)38-27-32(28-39-40(3)36-22-12-13-23-37(36)44-39)34-20-10-11-21-35(34)42(38)33-18-8-7-9-19-33/h7-14,16-23,26-28H,6,15,24-25,29H2,1-5H3/q+2. The third-order valence-corrected chi connectivity index (χ3v) is 9.79. The first-order valence-electron chi connectivity index (χ1n) is 15.7. The molecule has 0 spiro atoms. The minimum Gasteiger partial charge on any atom is -0.338 e. The summed E-state index contributed by atoms with van der Waals surface area (Å²) in [6.45, 7) is 8.55. The molecule has 5 heteroatoms. The molecule has 0 fully saturated rings. The number of pyridine rings is 1. The van der Waals surface area contributed by atoms with Crippen molar-refractivity contribution < 1.29 is 9.05 Å². The molecule has 2 heterocycles. The topological polar surface area (TPSA) is 10.4 Å². The first kappa shape index (κ1) is 30.0. The van der Waals surface area contributed by atoms with Crippen molar-refractivity contribution in [2.24, 2.45) is 0 Å². The second kappa shape index (κ2) is 12.9. The van der Waals surface area contributed by atoms with Crippen LogP contribution < -0.4 is 14.4 Å². The smallest absolute Gasteiger partial charge is 0.282 e. The Labute approximate surface area is 267 Å². The van der Waals surface area contributed by atoms with E-state index in [4.69, 9.17) is 0 Å². The van der Waals surface area contributed by atoms with E-state index in [-0.39, 0.29) is 0 Å². The van der Waals surface area contributed by atoms with Crippen molar-refractivity contribution in [2.45, 2.75) is 31.7 Å². The number of aromatic nitrogens is 1. The number of rotatable bonds is 10. The number of aryl methyl sites for hydroxylation is 1. The predicted molar refractivity (Wildman–Crippen MR) is 189 cm³/mol. The molecule has 0 N–H and O–H groups in total. The van der Waals surface area contributed by atoms with Gasteiger partial charge in [-0.25, -0.2) is 0 Å². The molecule has 0 unspecified atom stereocenters. The Kier molecular flexibility index (Phi) is 8.79. The molecule has 0 bridgehead atoms. The molecule has 0 saturated carbocycles. The van der Waals surface area contributed by atoms with Crippen molar-refractivity contribution in [3.63, 3.8) is 0 Å². The number of thioether (sulfide) groups is 1. The minimum absolute atomic E-state index is 0.937. The SMILES string of the molecule is CCN(CCC[N+](C)(C)Cc1cccc(C)c1)c1cc(C=C2Sc3ccccc3N2C)c2ccccc2[n+]1-c1ccccc1. The second-order valence-electron chi connectivity index (χ2n) is 12.5. The summed E-state index contributed by atoms with van der Waals surface area (Å²) in [5, 5.41) is 2.50. The average molecular weight is 601 g/mol. The molecular formula is C39H44N4S+2. The Bertz CT molecular complexity index is 1790. The van der Waals surface area contributed by atoms with Gasteiger partial charge in [0.05, 0.1) is 44.4 Å². The van der Waals surface area contributed by atoms with Gasteiger partial charge < -0.3 is 9.38 Å². The van der Waals surface area contributed by atoms with Crippen LogP contribution >= 0.6 is 11.8 Å². The molecule has 5 aromatic rings. The summed E-state index contributed by atoms with van der Waals surface area (Å²) >= 11 is 1.85. The lowest BCUT2D eigenvalue weighted by Gasteiger charge is -2.30. The maximum atomic E-state index is 2.56. The zero-order valence-corrected chi connectivity index (χ0v) is 27.5. The van der Waals surface area contributed by atoms with E-state index in [0.717, 1.165) is 37.1 Å². The van der Waals surface area contributed by atoms with Crippen LogP contribution in [0.15, 0.2) is 119 Å². The van der Waals surface area contributed by atoms with Gasteiger partial charge in [-0.15, -0.1) is 0 Å². The van der Waals surface area contributed by atoms with Crippen LogP contribution in [0.4, 0.5) is 11.5 Å². The van der Waals surface area contributed by atoms with Gasteiger partial charge in [0.15, 0.2) is 0 Å². The average Bonchev–Trinajstić information content (AvgIpc) is 3.34. The number of hydrogen-bond donors (Lipinski definition) is 0. The van der Waals surface area contributed by atoms with Crippen molar-refractivity contribution in [3.05, 3.63) is 131 Å². The highest BCUT2D eigenvalue weighted by Crippen LogP contribution is 2.45. The highest BCUT2D eigenvalue weighted by Gasteiger charge is 2.27. The lowest BCUT2D eigenvalue weighted by Crippen LogP contribution is -2.44. The van der Waals surface area contributed by atoms with Gasteiger partial charge in [-0.1, -0.05) is 90.1 Å². The number of hydrogen-bond acceptors (Lipinski definition) is 3. The van der Waals surface area contributed by atoms with E-state index in [1.165, 1.54) is 54.7 Å². The van der Waals surface area contributed by atoms with E-state index in [9.17, 15) is 0 Å². The monoisotopic (exact) mass is 600 g/mol. The van der Waals surface area contributed by atoms with E-state index in [1.807, 2.05) is 11.8 Å². The van der Waals surface area contributed by atoms with Gasteiger partial charge in [-0.05, 0) is 55.8 Å². The molecule has 0 amide bonds. The normalized spacial score (nSPS) is 13.9. The van der Waals surface area contributed by atoms with Crippen LogP contribution in [-0.4, -0.2) is 45.3 Å². The van der Waals surface area contributed by atoms with Gasteiger partial charge in [0.25, 0.3) is 5.82 Å². The van der Waals surface area contributed by atoms with Crippen LogP contribution in [0.3, 0.4) is 0 Å². The van der Waals surface area contributed by atoms with E-state index in [1.54, 1.807) is 0 Å². The molecule has 44 heavy (non-hydrogen) atoms. The van der Waals surface area contributed by atoms with Crippen LogP contribution in [0.1, 0.15) is 30.0 Å². The molecule has 4 nitrogen and oxygen atoms in total. The summed E-state index contributed by atoms with van der Waals surface area (Å²) < 4.78 is 3.42. The minimum atomic E-state index is 0.937. The fourth-order valence-electron chi connectivity index (χ4n) is 6.41. The van der Waals surface area contributed by atoms with Gasteiger partial charge in [0.2, 0.25) is 0 Å². The van der Waals surface area contributed by atoms with E-state index in [2.05, 4.69) is 165 Å². The molecule has 1 aliphatic rings. The van der Waals surface area contributed by atoms with Gasteiger partial charge in [-0.2, -0.15) is 4.57 Å². The van der Waals surface area contributed by atoms with Gasteiger partial charge in [0, 0.05) is 35.4 Å². The number of quaternary nitrogens is 1. The van der Waals surface area contributed by atoms with Crippen molar-refractivity contribution in [2.75, 3.05) is 50.6 Å². The Morgan fingerprint density at radius 1 is 0.864 bits per heavy atom. The molecule has 0 atom stereocenters. The Hall–Kier alpha value is -4.06. The van der Waals surface area contributed by atoms with Crippen LogP contribution in [0.25, 0.3) is 22.7 Å². The largest absolute Gasteiger partial charge is 0.338 e. The highest BCUT2D eigenvalue weighted by molar-refractivity contribution is 8.03.